The van der Waals surface area contributed by atoms with Crippen molar-refractivity contribution < 1.29 is 19.4 Å². The molecular weight excluding hydrogens is 252 g/mol. The number of hydrogen-bond acceptors (Lipinski definition) is 5. The van der Waals surface area contributed by atoms with Crippen LogP contribution in [0.15, 0.2) is 0 Å². The van der Waals surface area contributed by atoms with Gasteiger partial charge in [-0.15, -0.1) is 5.10 Å². The van der Waals surface area contributed by atoms with Crippen LogP contribution in [0, 0.1) is 5.92 Å². The maximum Gasteiger partial charge on any atom is 0.311 e. The Hall–Kier alpha value is -1.96. The average Bonchev–Trinajstić information content (AvgIpc) is 2.98. The minimum Gasteiger partial charge on any atom is -0.481 e. The van der Waals surface area contributed by atoms with Gasteiger partial charge in [0.2, 0.25) is 5.82 Å². The van der Waals surface area contributed by atoms with Crippen LogP contribution in [0.4, 0.5) is 0 Å². The van der Waals surface area contributed by atoms with E-state index in [2.05, 4.69) is 20.5 Å². The largest absolute Gasteiger partial charge is 0.481 e. The van der Waals surface area contributed by atoms with Gasteiger partial charge in [-0.3, -0.25) is 14.7 Å². The molecule has 1 aromatic rings. The van der Waals surface area contributed by atoms with Gasteiger partial charge in [-0.2, -0.15) is 0 Å². The molecule has 1 aliphatic rings. The highest BCUT2D eigenvalue weighted by Crippen LogP contribution is 2.14. The van der Waals surface area contributed by atoms with E-state index >= 15 is 0 Å². The fraction of sp³-hybridized carbons (Fsp3) is 0.636. The van der Waals surface area contributed by atoms with Crippen molar-refractivity contribution in [1.29, 1.82) is 0 Å². The number of aromatic amines is 1. The Bertz CT molecular complexity index is 473. The third-order valence-corrected chi connectivity index (χ3v) is 2.94. The number of nitrogens with zero attached hydrogens (tertiary/aromatic N) is 2. The molecule has 1 saturated heterocycles. The molecule has 2 heterocycles. The molecule has 1 amide bonds. The van der Waals surface area contributed by atoms with E-state index in [9.17, 15) is 9.59 Å². The SMILES string of the molecule is CCCc1nc(C(=O)NC2COCC2C(=O)O)n[nH]1. The molecule has 8 nitrogen and oxygen atoms in total. The molecule has 3 N–H and O–H groups in total. The zero-order chi connectivity index (χ0) is 13.8. The zero-order valence-corrected chi connectivity index (χ0v) is 10.5. The summed E-state index contributed by atoms with van der Waals surface area (Å²) in [6.45, 7) is 2.29. The predicted molar refractivity (Wildman–Crippen MR) is 63.6 cm³/mol. The lowest BCUT2D eigenvalue weighted by Crippen LogP contribution is -2.43. The van der Waals surface area contributed by atoms with Crippen LogP contribution in [0.3, 0.4) is 0 Å². The van der Waals surface area contributed by atoms with Crippen LogP contribution in [0.5, 0.6) is 0 Å². The number of nitrogens with one attached hydrogen (secondary N) is 2. The van der Waals surface area contributed by atoms with E-state index in [0.29, 0.717) is 12.2 Å². The minimum atomic E-state index is -0.982. The summed E-state index contributed by atoms with van der Waals surface area (Å²) in [5, 5.41) is 18.1. The number of carboxylic acids is 1. The third-order valence-electron chi connectivity index (χ3n) is 2.94. The van der Waals surface area contributed by atoms with Crippen LogP contribution in [0.25, 0.3) is 0 Å². The first kappa shape index (κ1) is 13.5. The second-order valence-electron chi connectivity index (χ2n) is 4.42. The monoisotopic (exact) mass is 268 g/mol. The number of aliphatic carboxylic acids is 1. The lowest BCUT2D eigenvalue weighted by atomic mass is 10.0. The molecule has 0 radical (unpaired) electrons. The molecule has 2 atom stereocenters. The molecule has 1 aliphatic heterocycles. The van der Waals surface area contributed by atoms with Crippen LogP contribution in [-0.2, 0) is 16.0 Å². The van der Waals surface area contributed by atoms with Crippen LogP contribution in [0.2, 0.25) is 0 Å². The number of H-pyrrole nitrogens is 1. The van der Waals surface area contributed by atoms with Crippen molar-refractivity contribution in [1.82, 2.24) is 20.5 Å². The van der Waals surface area contributed by atoms with Crippen molar-refractivity contribution in [3.05, 3.63) is 11.6 Å². The normalized spacial score (nSPS) is 22.4. The molecule has 2 unspecified atom stereocenters. The molecule has 1 fully saturated rings. The Morgan fingerprint density at radius 2 is 2.32 bits per heavy atom. The van der Waals surface area contributed by atoms with Crippen molar-refractivity contribution in [2.45, 2.75) is 25.8 Å². The topological polar surface area (TPSA) is 117 Å². The smallest absolute Gasteiger partial charge is 0.311 e. The molecule has 0 aromatic carbocycles. The number of ether oxygens (including phenoxy) is 1. The molecule has 0 aliphatic carbocycles. The summed E-state index contributed by atoms with van der Waals surface area (Å²) in [5.74, 6) is -1.52. The summed E-state index contributed by atoms with van der Waals surface area (Å²) < 4.78 is 5.07. The number of rotatable bonds is 5. The van der Waals surface area contributed by atoms with Gasteiger partial charge in [-0.25, -0.2) is 4.98 Å². The van der Waals surface area contributed by atoms with E-state index in [1.807, 2.05) is 6.92 Å². The van der Waals surface area contributed by atoms with Gasteiger partial charge in [0, 0.05) is 6.42 Å². The lowest BCUT2D eigenvalue weighted by molar-refractivity contribution is -0.142. The molecule has 2 rings (SSSR count). The van der Waals surface area contributed by atoms with Gasteiger partial charge in [0.1, 0.15) is 11.7 Å². The average molecular weight is 268 g/mol. The first-order chi connectivity index (χ1) is 9.11. The Kier molecular flexibility index (Phi) is 4.10. The molecule has 0 bridgehead atoms. The van der Waals surface area contributed by atoms with Crippen LogP contribution in [-0.4, -0.2) is 51.4 Å². The lowest BCUT2D eigenvalue weighted by Gasteiger charge is -2.14. The second-order valence-corrected chi connectivity index (χ2v) is 4.42. The summed E-state index contributed by atoms with van der Waals surface area (Å²) in [5.41, 5.74) is 0. The maximum atomic E-state index is 11.9. The molecular formula is C11H16N4O4. The molecule has 19 heavy (non-hydrogen) atoms. The molecule has 0 spiro atoms. The number of aryl methyl sites for hydroxylation is 1. The fourth-order valence-electron chi connectivity index (χ4n) is 1.92. The molecule has 0 saturated carbocycles. The van der Waals surface area contributed by atoms with Gasteiger partial charge < -0.3 is 15.2 Å². The summed E-state index contributed by atoms with van der Waals surface area (Å²) in [6, 6.07) is -0.543. The quantitative estimate of drug-likeness (QED) is 0.668. The van der Waals surface area contributed by atoms with E-state index in [0.717, 1.165) is 6.42 Å². The number of hydrogen-bond donors (Lipinski definition) is 3. The maximum absolute atomic E-state index is 11.9. The van der Waals surface area contributed by atoms with E-state index in [4.69, 9.17) is 9.84 Å². The number of carbonyl (C=O) groups excluding carboxylic acids is 1. The summed E-state index contributed by atoms with van der Waals surface area (Å²) in [4.78, 5) is 26.9. The highest BCUT2D eigenvalue weighted by molar-refractivity contribution is 5.91. The van der Waals surface area contributed by atoms with Crippen LogP contribution >= 0.6 is 0 Å². The number of carbonyl (C=O) groups is 2. The molecule has 8 heteroatoms. The highest BCUT2D eigenvalue weighted by atomic mass is 16.5. The third kappa shape index (κ3) is 3.08. The van der Waals surface area contributed by atoms with Gasteiger partial charge in [0.25, 0.3) is 5.91 Å². The van der Waals surface area contributed by atoms with Crippen LogP contribution in [0.1, 0.15) is 29.8 Å². The van der Waals surface area contributed by atoms with Crippen molar-refractivity contribution in [2.75, 3.05) is 13.2 Å². The fourth-order valence-corrected chi connectivity index (χ4v) is 1.92. The van der Waals surface area contributed by atoms with E-state index < -0.39 is 23.8 Å². The van der Waals surface area contributed by atoms with Gasteiger partial charge in [0.15, 0.2) is 0 Å². The minimum absolute atomic E-state index is 0.0273. The Balaban J connectivity index is 1.98. The van der Waals surface area contributed by atoms with Crippen molar-refractivity contribution >= 4 is 11.9 Å². The molecule has 104 valence electrons. The summed E-state index contributed by atoms with van der Waals surface area (Å²) in [6.07, 6.45) is 1.61. The summed E-state index contributed by atoms with van der Waals surface area (Å²) >= 11 is 0. The zero-order valence-electron chi connectivity index (χ0n) is 10.5. The van der Waals surface area contributed by atoms with Crippen molar-refractivity contribution in [3.8, 4) is 0 Å². The molecule has 1 aromatic heterocycles. The summed E-state index contributed by atoms with van der Waals surface area (Å²) in [7, 11) is 0. The Morgan fingerprint density at radius 3 is 3.00 bits per heavy atom. The standard InChI is InChI=1S/C11H16N4O4/c1-2-3-8-13-9(15-14-8)10(16)12-7-5-19-4-6(7)11(17)18/h6-7H,2-5H2,1H3,(H,12,16)(H,17,18)(H,13,14,15). The van der Waals surface area contributed by atoms with Crippen molar-refractivity contribution in [2.24, 2.45) is 5.92 Å². The first-order valence-electron chi connectivity index (χ1n) is 6.14. The van der Waals surface area contributed by atoms with Gasteiger partial charge in [-0.1, -0.05) is 6.92 Å². The van der Waals surface area contributed by atoms with Gasteiger partial charge in [0.05, 0.1) is 19.3 Å². The Labute approximate surface area is 109 Å². The number of carboxylic acid groups (broad SMARTS) is 1. The number of amides is 1. The second kappa shape index (κ2) is 5.79. The van der Waals surface area contributed by atoms with E-state index in [1.54, 1.807) is 0 Å². The van der Waals surface area contributed by atoms with Gasteiger partial charge >= 0.3 is 5.97 Å². The highest BCUT2D eigenvalue weighted by Gasteiger charge is 2.35. The Morgan fingerprint density at radius 1 is 1.53 bits per heavy atom. The number of aromatic nitrogens is 3. The van der Waals surface area contributed by atoms with Crippen molar-refractivity contribution in [3.63, 3.8) is 0 Å². The predicted octanol–water partition coefficient (Wildman–Crippen LogP) is -0.413. The van der Waals surface area contributed by atoms with E-state index in [-0.39, 0.29) is 19.0 Å². The van der Waals surface area contributed by atoms with E-state index in [1.165, 1.54) is 0 Å². The first-order valence-corrected chi connectivity index (χ1v) is 6.14. The van der Waals surface area contributed by atoms with Crippen LogP contribution < -0.4 is 5.32 Å². The van der Waals surface area contributed by atoms with Gasteiger partial charge in [-0.05, 0) is 6.42 Å².